The summed E-state index contributed by atoms with van der Waals surface area (Å²) in [6.45, 7) is 4.34. The fraction of sp³-hybridized carbons (Fsp3) is 0.389. The van der Waals surface area contributed by atoms with Crippen LogP contribution in [0.5, 0.6) is 0 Å². The summed E-state index contributed by atoms with van der Waals surface area (Å²) in [5.41, 5.74) is 9.40. The molecular formula is C18H24Cl2N4O2S. The van der Waals surface area contributed by atoms with Gasteiger partial charge < -0.3 is 16.0 Å². The second-order valence-electron chi connectivity index (χ2n) is 6.46. The maximum atomic E-state index is 12.7. The Morgan fingerprint density at radius 3 is 2.78 bits per heavy atom. The zero-order chi connectivity index (χ0) is 18.0. The normalized spacial score (nSPS) is 12.6. The van der Waals surface area contributed by atoms with Crippen LogP contribution in [0, 0.1) is 5.92 Å². The zero-order valence-corrected chi connectivity index (χ0v) is 17.7. The molecule has 3 rings (SSSR count). The number of hydrogen-bond donors (Lipinski definition) is 2. The monoisotopic (exact) mass is 430 g/mol. The van der Waals surface area contributed by atoms with Gasteiger partial charge in [-0.2, -0.15) is 0 Å². The van der Waals surface area contributed by atoms with Crippen LogP contribution in [-0.4, -0.2) is 23.3 Å². The van der Waals surface area contributed by atoms with Crippen LogP contribution < -0.4 is 16.0 Å². The number of nitrogens with two attached hydrogens (primary N) is 1. The number of nitrogens with zero attached hydrogens (tertiary/aromatic N) is 2. The minimum atomic E-state index is -0.107. The second-order valence-corrected chi connectivity index (χ2v) is 7.32. The van der Waals surface area contributed by atoms with Gasteiger partial charge in [-0.05, 0) is 30.5 Å². The Morgan fingerprint density at radius 1 is 1.33 bits per heavy atom. The highest BCUT2D eigenvalue weighted by Crippen LogP contribution is 2.31. The van der Waals surface area contributed by atoms with Crippen LogP contribution in [0.15, 0.2) is 23.6 Å². The lowest BCUT2D eigenvalue weighted by Crippen LogP contribution is -2.36. The van der Waals surface area contributed by atoms with E-state index in [-0.39, 0.29) is 49.0 Å². The van der Waals surface area contributed by atoms with Crippen LogP contribution in [0.4, 0.5) is 16.5 Å². The molecule has 0 aliphatic carbocycles. The fourth-order valence-electron chi connectivity index (χ4n) is 2.86. The van der Waals surface area contributed by atoms with E-state index in [1.807, 2.05) is 37.4 Å². The van der Waals surface area contributed by atoms with Crippen LogP contribution in [0.2, 0.25) is 0 Å². The standard InChI is InChI=1S/C18H22N4O2S.2ClH/c1-11(2)17(24)21-18-20-12(10-25-18)9-16(23)22-8-4-5-13-14(19)6-3-7-15(13)22;;/h3,6-7,10-11H,4-5,8-9,19H2,1-2H3,(H,20,21,24);2*1H. The number of amides is 2. The van der Waals surface area contributed by atoms with Gasteiger partial charge in [0.2, 0.25) is 11.8 Å². The molecule has 0 unspecified atom stereocenters. The number of halogens is 2. The first-order valence-electron chi connectivity index (χ1n) is 8.38. The molecule has 0 radical (unpaired) electrons. The van der Waals surface area contributed by atoms with Gasteiger partial charge in [0.05, 0.1) is 12.1 Å². The number of aromatic nitrogens is 1. The maximum absolute atomic E-state index is 12.7. The van der Waals surface area contributed by atoms with Gasteiger partial charge in [0.1, 0.15) is 0 Å². The van der Waals surface area contributed by atoms with E-state index in [1.54, 1.807) is 4.90 Å². The molecule has 1 aromatic carbocycles. The summed E-state index contributed by atoms with van der Waals surface area (Å²) in [5, 5.41) is 5.11. The molecule has 0 bridgehead atoms. The first-order valence-corrected chi connectivity index (χ1v) is 9.26. The molecule has 27 heavy (non-hydrogen) atoms. The molecule has 0 spiro atoms. The third kappa shape index (κ3) is 5.34. The maximum Gasteiger partial charge on any atom is 0.233 e. The van der Waals surface area contributed by atoms with Crippen molar-refractivity contribution in [3.8, 4) is 0 Å². The van der Waals surface area contributed by atoms with Crippen LogP contribution in [0.3, 0.4) is 0 Å². The number of benzene rings is 1. The average Bonchev–Trinajstić information content (AvgIpc) is 3.01. The summed E-state index contributed by atoms with van der Waals surface area (Å²) >= 11 is 1.34. The number of rotatable bonds is 4. The third-order valence-corrected chi connectivity index (χ3v) is 5.03. The summed E-state index contributed by atoms with van der Waals surface area (Å²) < 4.78 is 0. The summed E-state index contributed by atoms with van der Waals surface area (Å²) in [6, 6.07) is 5.69. The van der Waals surface area contributed by atoms with E-state index in [9.17, 15) is 9.59 Å². The molecule has 2 aromatic rings. The molecule has 9 heteroatoms. The Kier molecular flexibility index (Phi) is 8.53. The van der Waals surface area contributed by atoms with Gasteiger partial charge in [0, 0.05) is 29.2 Å². The predicted octanol–water partition coefficient (Wildman–Crippen LogP) is 3.69. The van der Waals surface area contributed by atoms with Crippen molar-refractivity contribution in [1.82, 2.24) is 4.98 Å². The highest BCUT2D eigenvalue weighted by atomic mass is 35.5. The summed E-state index contributed by atoms with van der Waals surface area (Å²) in [5.74, 6) is -0.185. The summed E-state index contributed by atoms with van der Waals surface area (Å²) in [7, 11) is 0. The number of thiazole rings is 1. The molecule has 1 aliphatic heterocycles. The zero-order valence-electron chi connectivity index (χ0n) is 15.2. The van der Waals surface area contributed by atoms with Gasteiger partial charge in [-0.15, -0.1) is 36.2 Å². The van der Waals surface area contributed by atoms with E-state index in [1.165, 1.54) is 11.3 Å². The molecule has 0 atom stereocenters. The van der Waals surface area contributed by atoms with E-state index in [0.717, 1.165) is 29.8 Å². The van der Waals surface area contributed by atoms with Gasteiger partial charge in [0.15, 0.2) is 5.13 Å². The number of nitrogen functional groups attached to an aromatic ring is 1. The van der Waals surface area contributed by atoms with E-state index in [0.29, 0.717) is 17.4 Å². The summed E-state index contributed by atoms with van der Waals surface area (Å²) in [6.07, 6.45) is 2.01. The van der Waals surface area contributed by atoms with Gasteiger partial charge >= 0.3 is 0 Å². The number of carbonyl (C=O) groups excluding carboxylic acids is 2. The summed E-state index contributed by atoms with van der Waals surface area (Å²) in [4.78, 5) is 30.6. The number of nitrogens with one attached hydrogen (secondary N) is 1. The third-order valence-electron chi connectivity index (χ3n) is 4.23. The van der Waals surface area contributed by atoms with Crippen LogP contribution in [0.25, 0.3) is 0 Å². The van der Waals surface area contributed by atoms with Crippen molar-refractivity contribution in [3.63, 3.8) is 0 Å². The molecule has 0 saturated heterocycles. The second kappa shape index (κ2) is 9.92. The van der Waals surface area contributed by atoms with Crippen LogP contribution >= 0.6 is 36.2 Å². The highest BCUT2D eigenvalue weighted by molar-refractivity contribution is 7.13. The fourth-order valence-corrected chi connectivity index (χ4v) is 3.57. The molecule has 3 N–H and O–H groups in total. The lowest BCUT2D eigenvalue weighted by Gasteiger charge is -2.30. The Bertz CT molecular complexity index is 810. The molecule has 148 valence electrons. The lowest BCUT2D eigenvalue weighted by atomic mass is 9.99. The average molecular weight is 431 g/mol. The highest BCUT2D eigenvalue weighted by Gasteiger charge is 2.24. The van der Waals surface area contributed by atoms with Gasteiger partial charge in [-0.25, -0.2) is 4.98 Å². The number of carbonyl (C=O) groups is 2. The van der Waals surface area contributed by atoms with E-state index in [2.05, 4.69) is 10.3 Å². The van der Waals surface area contributed by atoms with Crippen molar-refractivity contribution >= 4 is 64.5 Å². The molecule has 1 aromatic heterocycles. The number of hydrogen-bond acceptors (Lipinski definition) is 5. The minimum absolute atomic E-state index is 0. The topological polar surface area (TPSA) is 88.3 Å². The SMILES string of the molecule is CC(C)C(=O)Nc1nc(CC(=O)N2CCCc3c(N)cccc32)cs1.Cl.Cl. The Balaban J connectivity index is 0.00000182. The number of anilines is 3. The van der Waals surface area contributed by atoms with Crippen molar-refractivity contribution < 1.29 is 9.59 Å². The first-order chi connectivity index (χ1) is 12.0. The van der Waals surface area contributed by atoms with E-state index < -0.39 is 0 Å². The van der Waals surface area contributed by atoms with Crippen molar-refractivity contribution in [1.29, 1.82) is 0 Å². The molecule has 1 aliphatic rings. The smallest absolute Gasteiger partial charge is 0.233 e. The van der Waals surface area contributed by atoms with Gasteiger partial charge in [-0.1, -0.05) is 19.9 Å². The molecule has 2 amide bonds. The minimum Gasteiger partial charge on any atom is -0.398 e. The van der Waals surface area contributed by atoms with Crippen molar-refractivity contribution in [2.45, 2.75) is 33.1 Å². The van der Waals surface area contributed by atoms with E-state index in [4.69, 9.17) is 5.73 Å². The number of fused-ring (bicyclic) bond motifs is 1. The Labute approximate surface area is 175 Å². The largest absolute Gasteiger partial charge is 0.398 e. The quantitative estimate of drug-likeness (QED) is 0.723. The molecular weight excluding hydrogens is 407 g/mol. The Hall–Kier alpha value is -1.83. The van der Waals surface area contributed by atoms with Crippen molar-refractivity contribution in [3.05, 3.63) is 34.8 Å². The predicted molar refractivity (Wildman–Crippen MR) is 115 cm³/mol. The molecule has 2 heterocycles. The van der Waals surface area contributed by atoms with Crippen molar-refractivity contribution in [2.75, 3.05) is 22.5 Å². The van der Waals surface area contributed by atoms with Gasteiger partial charge in [0.25, 0.3) is 0 Å². The molecule has 0 saturated carbocycles. The first kappa shape index (κ1) is 23.2. The van der Waals surface area contributed by atoms with Gasteiger partial charge in [-0.3, -0.25) is 9.59 Å². The van der Waals surface area contributed by atoms with Crippen LogP contribution in [-0.2, 0) is 22.4 Å². The Morgan fingerprint density at radius 2 is 2.07 bits per heavy atom. The molecule has 0 fully saturated rings. The van der Waals surface area contributed by atoms with Crippen LogP contribution in [0.1, 0.15) is 31.5 Å². The van der Waals surface area contributed by atoms with E-state index >= 15 is 0 Å². The van der Waals surface area contributed by atoms with Crippen molar-refractivity contribution in [2.24, 2.45) is 5.92 Å². The lowest BCUT2D eigenvalue weighted by molar-refractivity contribution is -0.119. The molecule has 6 nitrogen and oxygen atoms in total.